The fraction of sp³-hybridized carbons (Fsp3) is 0.235. The van der Waals surface area contributed by atoms with Crippen molar-refractivity contribution in [2.45, 2.75) is 25.8 Å². The molecule has 0 radical (unpaired) electrons. The molecule has 0 amide bonds. The average Bonchev–Trinajstić information content (AvgIpc) is 2.85. The molecule has 4 heteroatoms. The van der Waals surface area contributed by atoms with Crippen LogP contribution in [0.15, 0.2) is 42.5 Å². The van der Waals surface area contributed by atoms with Crippen LogP contribution in [0.1, 0.15) is 25.5 Å². The van der Waals surface area contributed by atoms with E-state index in [-0.39, 0.29) is 0 Å². The van der Waals surface area contributed by atoms with Crippen LogP contribution in [-0.4, -0.2) is 9.55 Å². The molecule has 0 N–H and O–H groups in total. The molecule has 1 aromatic heterocycles. The molecule has 3 rings (SSSR count). The molecule has 21 heavy (non-hydrogen) atoms. The van der Waals surface area contributed by atoms with Crippen LogP contribution in [0.25, 0.3) is 22.4 Å². The Labute approximate surface area is 134 Å². The van der Waals surface area contributed by atoms with Crippen molar-refractivity contribution in [3.63, 3.8) is 0 Å². The number of hydrogen-bond donors (Lipinski definition) is 0. The lowest BCUT2D eigenvalue weighted by molar-refractivity contribution is 0.624. The molecule has 0 spiro atoms. The minimum atomic E-state index is 0.318. The standard InChI is InChI=1S/C17H16Cl2N2/c1-11(2)21-16-8-7-14(19)9-15(16)20-17(21)13-5-3-12(10-18)4-6-13/h3-9,11H,10H2,1-2H3. The maximum Gasteiger partial charge on any atom is 0.141 e. The molecule has 2 aromatic carbocycles. The second-order valence-corrected chi connectivity index (χ2v) is 6.07. The maximum atomic E-state index is 6.08. The lowest BCUT2D eigenvalue weighted by atomic mass is 10.1. The third kappa shape index (κ3) is 2.66. The van der Waals surface area contributed by atoms with Crippen LogP contribution in [0.2, 0.25) is 5.02 Å². The van der Waals surface area contributed by atoms with E-state index in [4.69, 9.17) is 28.2 Å². The average molecular weight is 319 g/mol. The molecule has 1 heterocycles. The van der Waals surface area contributed by atoms with E-state index in [1.165, 1.54) is 0 Å². The topological polar surface area (TPSA) is 17.8 Å². The van der Waals surface area contributed by atoms with Gasteiger partial charge in [-0.3, -0.25) is 0 Å². The summed E-state index contributed by atoms with van der Waals surface area (Å²) in [5.74, 6) is 1.49. The number of alkyl halides is 1. The van der Waals surface area contributed by atoms with Crippen molar-refractivity contribution >= 4 is 34.2 Å². The number of benzene rings is 2. The molecule has 0 bridgehead atoms. The van der Waals surface area contributed by atoms with Crippen molar-refractivity contribution in [2.24, 2.45) is 0 Å². The van der Waals surface area contributed by atoms with Gasteiger partial charge in [0.05, 0.1) is 11.0 Å². The number of fused-ring (bicyclic) bond motifs is 1. The molecule has 2 nitrogen and oxygen atoms in total. The van der Waals surface area contributed by atoms with Crippen LogP contribution in [0.5, 0.6) is 0 Å². The molecule has 0 atom stereocenters. The molecular weight excluding hydrogens is 303 g/mol. The first-order valence-electron chi connectivity index (χ1n) is 6.93. The number of halogens is 2. The Balaban J connectivity index is 2.22. The summed E-state index contributed by atoms with van der Waals surface area (Å²) >= 11 is 11.9. The fourth-order valence-electron chi connectivity index (χ4n) is 2.54. The first-order valence-corrected chi connectivity index (χ1v) is 7.84. The van der Waals surface area contributed by atoms with Gasteiger partial charge in [0.2, 0.25) is 0 Å². The highest BCUT2D eigenvalue weighted by Crippen LogP contribution is 2.30. The van der Waals surface area contributed by atoms with Gasteiger partial charge >= 0.3 is 0 Å². The molecule has 0 aliphatic rings. The number of imidazole rings is 1. The van der Waals surface area contributed by atoms with E-state index in [0.717, 1.165) is 28.0 Å². The second kappa shape index (κ2) is 5.70. The summed E-state index contributed by atoms with van der Waals surface area (Å²) in [4.78, 5) is 4.77. The summed E-state index contributed by atoms with van der Waals surface area (Å²) in [6.07, 6.45) is 0. The minimum absolute atomic E-state index is 0.318. The number of aromatic nitrogens is 2. The third-order valence-electron chi connectivity index (χ3n) is 3.53. The van der Waals surface area contributed by atoms with Gasteiger partial charge in [-0.05, 0) is 37.6 Å². The zero-order chi connectivity index (χ0) is 15.0. The lowest BCUT2D eigenvalue weighted by Crippen LogP contribution is -2.03. The fourth-order valence-corrected chi connectivity index (χ4v) is 2.89. The van der Waals surface area contributed by atoms with Crippen LogP contribution in [0.4, 0.5) is 0 Å². The second-order valence-electron chi connectivity index (χ2n) is 5.36. The number of nitrogens with zero attached hydrogens (tertiary/aromatic N) is 2. The van der Waals surface area contributed by atoms with Gasteiger partial charge in [-0.2, -0.15) is 0 Å². The first-order chi connectivity index (χ1) is 10.1. The van der Waals surface area contributed by atoms with E-state index in [1.54, 1.807) is 0 Å². The SMILES string of the molecule is CC(C)n1c(-c2ccc(CCl)cc2)nc2cc(Cl)ccc21. The Bertz CT molecular complexity index is 773. The van der Waals surface area contributed by atoms with Crippen LogP contribution in [-0.2, 0) is 5.88 Å². The van der Waals surface area contributed by atoms with Crippen LogP contribution in [0, 0.1) is 0 Å². The molecule has 0 aliphatic heterocycles. The Morgan fingerprint density at radius 1 is 1.10 bits per heavy atom. The van der Waals surface area contributed by atoms with Crippen molar-refractivity contribution in [1.82, 2.24) is 9.55 Å². The Hall–Kier alpha value is -1.51. The van der Waals surface area contributed by atoms with Gasteiger partial charge in [0.15, 0.2) is 0 Å². The zero-order valence-corrected chi connectivity index (χ0v) is 13.5. The van der Waals surface area contributed by atoms with Gasteiger partial charge in [-0.15, -0.1) is 11.6 Å². The van der Waals surface area contributed by atoms with Crippen molar-refractivity contribution in [1.29, 1.82) is 0 Å². The van der Waals surface area contributed by atoms with Crippen molar-refractivity contribution in [3.05, 3.63) is 53.1 Å². The predicted molar refractivity (Wildman–Crippen MR) is 90.1 cm³/mol. The van der Waals surface area contributed by atoms with Gasteiger partial charge in [-0.1, -0.05) is 35.9 Å². The van der Waals surface area contributed by atoms with E-state index in [0.29, 0.717) is 16.9 Å². The molecular formula is C17H16Cl2N2. The number of rotatable bonds is 3. The van der Waals surface area contributed by atoms with Crippen molar-refractivity contribution < 1.29 is 0 Å². The highest BCUT2D eigenvalue weighted by atomic mass is 35.5. The summed E-state index contributed by atoms with van der Waals surface area (Å²) in [6.45, 7) is 4.32. The smallest absolute Gasteiger partial charge is 0.141 e. The van der Waals surface area contributed by atoms with E-state index < -0.39 is 0 Å². The molecule has 0 unspecified atom stereocenters. The van der Waals surface area contributed by atoms with Gasteiger partial charge in [0.1, 0.15) is 5.82 Å². The molecule has 0 fully saturated rings. The summed E-state index contributed by atoms with van der Waals surface area (Å²) < 4.78 is 2.24. The quantitative estimate of drug-likeness (QED) is 0.568. The van der Waals surface area contributed by atoms with Gasteiger partial charge in [-0.25, -0.2) is 4.98 Å². The number of hydrogen-bond acceptors (Lipinski definition) is 1. The van der Waals surface area contributed by atoms with Crippen LogP contribution >= 0.6 is 23.2 Å². The van der Waals surface area contributed by atoms with E-state index in [2.05, 4.69) is 30.5 Å². The predicted octanol–water partition coefficient (Wildman–Crippen LogP) is 5.68. The largest absolute Gasteiger partial charge is 0.321 e. The Morgan fingerprint density at radius 3 is 2.43 bits per heavy atom. The highest BCUT2D eigenvalue weighted by molar-refractivity contribution is 6.31. The molecule has 3 aromatic rings. The molecule has 108 valence electrons. The minimum Gasteiger partial charge on any atom is -0.321 e. The van der Waals surface area contributed by atoms with Gasteiger partial charge in [0, 0.05) is 22.5 Å². The molecule has 0 aliphatic carbocycles. The first kappa shape index (κ1) is 14.4. The van der Waals surface area contributed by atoms with Gasteiger partial charge < -0.3 is 4.57 Å². The van der Waals surface area contributed by atoms with Crippen molar-refractivity contribution in [3.8, 4) is 11.4 Å². The summed E-state index contributed by atoms with van der Waals surface area (Å²) in [6, 6.07) is 14.4. The molecule has 0 saturated carbocycles. The third-order valence-corrected chi connectivity index (χ3v) is 4.08. The van der Waals surface area contributed by atoms with Gasteiger partial charge in [0.25, 0.3) is 0 Å². The summed E-state index contributed by atoms with van der Waals surface area (Å²) in [5.41, 5.74) is 4.22. The van der Waals surface area contributed by atoms with Crippen molar-refractivity contribution in [2.75, 3.05) is 0 Å². The Morgan fingerprint density at radius 2 is 1.81 bits per heavy atom. The normalized spacial score (nSPS) is 11.5. The lowest BCUT2D eigenvalue weighted by Gasteiger charge is -2.13. The summed E-state index contributed by atoms with van der Waals surface area (Å²) in [5, 5.41) is 0.708. The summed E-state index contributed by atoms with van der Waals surface area (Å²) in [7, 11) is 0. The molecule has 0 saturated heterocycles. The van der Waals surface area contributed by atoms with E-state index in [1.807, 2.05) is 30.3 Å². The maximum absolute atomic E-state index is 6.08. The van der Waals surface area contributed by atoms with Crippen LogP contribution in [0.3, 0.4) is 0 Å². The Kier molecular flexibility index (Phi) is 3.92. The van der Waals surface area contributed by atoms with Crippen LogP contribution < -0.4 is 0 Å². The monoisotopic (exact) mass is 318 g/mol. The highest BCUT2D eigenvalue weighted by Gasteiger charge is 2.15. The van der Waals surface area contributed by atoms with E-state index in [9.17, 15) is 0 Å². The van der Waals surface area contributed by atoms with E-state index >= 15 is 0 Å². The zero-order valence-electron chi connectivity index (χ0n) is 12.0.